The normalized spacial score (nSPS) is 20.6. The molecule has 0 saturated heterocycles. The van der Waals surface area contributed by atoms with E-state index in [1.807, 2.05) is 24.3 Å². The van der Waals surface area contributed by atoms with Gasteiger partial charge >= 0.3 is 5.97 Å². The summed E-state index contributed by atoms with van der Waals surface area (Å²) in [6.45, 7) is 8.80. The van der Waals surface area contributed by atoms with Gasteiger partial charge in [-0.05, 0) is 59.2 Å². The zero-order valence-electron chi connectivity index (χ0n) is 16.1. The highest BCUT2D eigenvalue weighted by Gasteiger charge is 2.45. The van der Waals surface area contributed by atoms with Gasteiger partial charge in [-0.3, -0.25) is 4.79 Å². The van der Waals surface area contributed by atoms with Gasteiger partial charge in [0.05, 0.1) is 0 Å². The van der Waals surface area contributed by atoms with Crippen LogP contribution in [0.5, 0.6) is 11.5 Å². The Morgan fingerprint density at radius 3 is 2.42 bits per heavy atom. The van der Waals surface area contributed by atoms with Crippen LogP contribution in [0.25, 0.3) is 0 Å². The minimum absolute atomic E-state index is 0.0344. The molecule has 0 bridgehead atoms. The molecule has 0 fully saturated rings. The molecule has 3 nitrogen and oxygen atoms in total. The van der Waals surface area contributed by atoms with Crippen LogP contribution in [0.4, 0.5) is 0 Å². The van der Waals surface area contributed by atoms with E-state index in [4.69, 9.17) is 4.74 Å². The van der Waals surface area contributed by atoms with Crippen molar-refractivity contribution >= 4 is 5.97 Å². The van der Waals surface area contributed by atoms with Gasteiger partial charge in [-0.2, -0.15) is 0 Å². The van der Waals surface area contributed by atoms with Crippen molar-refractivity contribution in [2.75, 3.05) is 0 Å². The number of benzene rings is 2. The summed E-state index contributed by atoms with van der Waals surface area (Å²) >= 11 is 0. The van der Waals surface area contributed by atoms with Gasteiger partial charge in [0.1, 0.15) is 11.5 Å². The molecule has 1 aliphatic rings. The summed E-state index contributed by atoms with van der Waals surface area (Å²) in [4.78, 5) is 12.0. The molecule has 0 heterocycles. The SMILES string of the molecule is CCCCC(=O)Oc1ccc2c(c1)[C@@](C)(c1ccc(O)cc1)CC2(C)C. The summed E-state index contributed by atoms with van der Waals surface area (Å²) in [6.07, 6.45) is 3.25. The van der Waals surface area contributed by atoms with Crippen LogP contribution in [0, 0.1) is 0 Å². The first-order valence-corrected chi connectivity index (χ1v) is 9.41. The van der Waals surface area contributed by atoms with Crippen LogP contribution in [0.3, 0.4) is 0 Å². The lowest BCUT2D eigenvalue weighted by Crippen LogP contribution is -2.23. The molecule has 0 aliphatic heterocycles. The van der Waals surface area contributed by atoms with Crippen LogP contribution < -0.4 is 4.74 Å². The lowest BCUT2D eigenvalue weighted by Gasteiger charge is -2.28. The van der Waals surface area contributed by atoms with Gasteiger partial charge in [-0.25, -0.2) is 0 Å². The van der Waals surface area contributed by atoms with Crippen LogP contribution in [0.15, 0.2) is 42.5 Å². The second kappa shape index (κ2) is 6.79. The topological polar surface area (TPSA) is 46.5 Å². The van der Waals surface area contributed by atoms with E-state index in [1.54, 1.807) is 12.1 Å². The number of fused-ring (bicyclic) bond motifs is 1. The van der Waals surface area contributed by atoms with E-state index in [2.05, 4.69) is 33.8 Å². The standard InChI is InChI=1S/C23H28O3/c1-5-6-7-21(25)26-18-12-13-19-20(14-18)23(4,15-22(19,2)3)16-8-10-17(24)11-9-16/h8-14,24H,5-7,15H2,1-4H3/t23-/m1/s1. The van der Waals surface area contributed by atoms with Gasteiger partial charge in [0.25, 0.3) is 0 Å². The highest BCUT2D eigenvalue weighted by Crippen LogP contribution is 2.53. The number of aromatic hydroxyl groups is 1. The molecule has 1 aliphatic carbocycles. The van der Waals surface area contributed by atoms with Crippen LogP contribution >= 0.6 is 0 Å². The Morgan fingerprint density at radius 2 is 1.77 bits per heavy atom. The minimum Gasteiger partial charge on any atom is -0.508 e. The maximum absolute atomic E-state index is 12.0. The Balaban J connectivity index is 1.99. The maximum atomic E-state index is 12.0. The fraction of sp³-hybridized carbons (Fsp3) is 0.435. The van der Waals surface area contributed by atoms with Crippen molar-refractivity contribution in [2.45, 2.75) is 64.2 Å². The Kier molecular flexibility index (Phi) is 4.83. The predicted octanol–water partition coefficient (Wildman–Crippen LogP) is 5.48. The Morgan fingerprint density at radius 1 is 1.08 bits per heavy atom. The van der Waals surface area contributed by atoms with Crippen molar-refractivity contribution in [3.63, 3.8) is 0 Å². The van der Waals surface area contributed by atoms with Crippen LogP contribution in [-0.2, 0) is 15.6 Å². The molecule has 3 rings (SSSR count). The van der Waals surface area contributed by atoms with E-state index < -0.39 is 0 Å². The second-order valence-electron chi connectivity index (χ2n) is 8.22. The van der Waals surface area contributed by atoms with Gasteiger partial charge in [-0.1, -0.05) is 52.3 Å². The third-order valence-corrected chi connectivity index (χ3v) is 5.58. The molecule has 0 unspecified atom stereocenters. The first-order chi connectivity index (χ1) is 12.3. The van der Waals surface area contributed by atoms with E-state index >= 15 is 0 Å². The smallest absolute Gasteiger partial charge is 0.311 e. The lowest BCUT2D eigenvalue weighted by atomic mass is 9.75. The molecule has 138 valence electrons. The third kappa shape index (κ3) is 3.35. The van der Waals surface area contributed by atoms with Crippen molar-refractivity contribution in [3.05, 3.63) is 59.2 Å². The molecule has 0 saturated carbocycles. The predicted molar refractivity (Wildman–Crippen MR) is 104 cm³/mol. The maximum Gasteiger partial charge on any atom is 0.311 e. The number of hydrogen-bond donors (Lipinski definition) is 1. The average Bonchev–Trinajstić information content (AvgIpc) is 2.80. The first-order valence-electron chi connectivity index (χ1n) is 9.41. The summed E-state index contributed by atoms with van der Waals surface area (Å²) in [5.41, 5.74) is 3.51. The highest BCUT2D eigenvalue weighted by atomic mass is 16.5. The van der Waals surface area contributed by atoms with Crippen molar-refractivity contribution in [1.82, 2.24) is 0 Å². The summed E-state index contributed by atoms with van der Waals surface area (Å²) < 4.78 is 5.58. The fourth-order valence-electron chi connectivity index (χ4n) is 4.30. The first kappa shape index (κ1) is 18.5. The number of phenolic OH excluding ortho intramolecular Hbond substituents is 1. The quantitative estimate of drug-likeness (QED) is 0.573. The number of rotatable bonds is 5. The zero-order valence-corrected chi connectivity index (χ0v) is 16.1. The van der Waals surface area contributed by atoms with E-state index in [1.165, 1.54) is 11.1 Å². The van der Waals surface area contributed by atoms with Gasteiger partial charge in [-0.15, -0.1) is 0 Å². The van der Waals surface area contributed by atoms with E-state index in [-0.39, 0.29) is 22.5 Å². The van der Waals surface area contributed by atoms with E-state index in [9.17, 15) is 9.90 Å². The highest BCUT2D eigenvalue weighted by molar-refractivity contribution is 5.72. The molecule has 3 heteroatoms. The van der Waals surface area contributed by atoms with Gasteiger partial charge in [0.2, 0.25) is 0 Å². The Hall–Kier alpha value is -2.29. The van der Waals surface area contributed by atoms with Crippen molar-refractivity contribution in [2.24, 2.45) is 0 Å². The summed E-state index contributed by atoms with van der Waals surface area (Å²) in [5, 5.41) is 9.64. The molecule has 0 radical (unpaired) electrons. The lowest BCUT2D eigenvalue weighted by molar-refractivity contribution is -0.134. The number of carbonyl (C=O) groups is 1. The molecular weight excluding hydrogens is 324 g/mol. The molecular formula is C23H28O3. The molecule has 0 aromatic heterocycles. The van der Waals surface area contributed by atoms with Gasteiger partial charge in [0, 0.05) is 11.8 Å². The number of unbranched alkanes of at least 4 members (excludes halogenated alkanes) is 1. The average molecular weight is 352 g/mol. The number of hydrogen-bond acceptors (Lipinski definition) is 3. The van der Waals surface area contributed by atoms with Crippen molar-refractivity contribution in [1.29, 1.82) is 0 Å². The van der Waals surface area contributed by atoms with Crippen LogP contribution in [0.1, 0.15) is 70.1 Å². The molecule has 1 N–H and O–H groups in total. The molecule has 0 spiro atoms. The number of phenols is 1. The second-order valence-corrected chi connectivity index (χ2v) is 8.22. The van der Waals surface area contributed by atoms with Gasteiger partial charge in [0.15, 0.2) is 0 Å². The molecule has 0 amide bonds. The van der Waals surface area contributed by atoms with Crippen LogP contribution in [-0.4, -0.2) is 11.1 Å². The van der Waals surface area contributed by atoms with Crippen molar-refractivity contribution in [3.8, 4) is 11.5 Å². The van der Waals surface area contributed by atoms with Gasteiger partial charge < -0.3 is 9.84 Å². The number of carbonyl (C=O) groups excluding carboxylic acids is 1. The van der Waals surface area contributed by atoms with Crippen LogP contribution in [0.2, 0.25) is 0 Å². The molecule has 2 aromatic rings. The summed E-state index contributed by atoms with van der Waals surface area (Å²) in [6, 6.07) is 13.5. The largest absolute Gasteiger partial charge is 0.508 e. The van der Waals surface area contributed by atoms with Crippen molar-refractivity contribution < 1.29 is 14.6 Å². The number of esters is 1. The Labute approximate surface area is 156 Å². The summed E-state index contributed by atoms with van der Waals surface area (Å²) in [7, 11) is 0. The molecule has 26 heavy (non-hydrogen) atoms. The minimum atomic E-state index is -0.182. The third-order valence-electron chi connectivity index (χ3n) is 5.58. The zero-order chi connectivity index (χ0) is 18.9. The van der Waals surface area contributed by atoms with E-state index in [0.29, 0.717) is 12.2 Å². The fourth-order valence-corrected chi connectivity index (χ4v) is 4.30. The summed E-state index contributed by atoms with van der Waals surface area (Å²) in [5.74, 6) is 0.719. The molecule has 2 aromatic carbocycles. The number of ether oxygens (including phenoxy) is 1. The monoisotopic (exact) mass is 352 g/mol. The molecule has 1 atom stereocenters. The van der Waals surface area contributed by atoms with E-state index in [0.717, 1.165) is 24.8 Å². The Bertz CT molecular complexity index is 805.